The molecule has 0 aliphatic heterocycles. The summed E-state index contributed by atoms with van der Waals surface area (Å²) in [5.74, 6) is 0.206. The molecule has 144 valence electrons. The molecule has 28 heavy (non-hydrogen) atoms. The van der Waals surface area contributed by atoms with Gasteiger partial charge in [0.25, 0.3) is 5.56 Å². The highest BCUT2D eigenvalue weighted by Crippen LogP contribution is 2.14. The fourth-order valence-electron chi connectivity index (χ4n) is 2.84. The molecule has 2 aromatic carbocycles. The Hall–Kier alpha value is -3.48. The van der Waals surface area contributed by atoms with Crippen molar-refractivity contribution in [1.82, 2.24) is 15.2 Å². The van der Waals surface area contributed by atoms with Crippen molar-refractivity contribution in [3.8, 4) is 0 Å². The molecule has 0 amide bonds. The number of hydrogen-bond donors (Lipinski definition) is 2. The van der Waals surface area contributed by atoms with Gasteiger partial charge >= 0.3 is 0 Å². The van der Waals surface area contributed by atoms with Gasteiger partial charge in [-0.2, -0.15) is 5.10 Å². The van der Waals surface area contributed by atoms with Gasteiger partial charge in [0.05, 0.1) is 6.21 Å². The van der Waals surface area contributed by atoms with Crippen molar-refractivity contribution in [2.24, 2.45) is 5.10 Å². The summed E-state index contributed by atoms with van der Waals surface area (Å²) in [6.45, 7) is 6.21. The van der Waals surface area contributed by atoms with Crippen LogP contribution in [0.2, 0.25) is 0 Å². The van der Waals surface area contributed by atoms with Crippen LogP contribution in [0.15, 0.2) is 64.5 Å². The largest absolute Gasteiger partial charge is 0.372 e. The van der Waals surface area contributed by atoms with E-state index < -0.39 is 0 Å². The molecule has 0 bridgehead atoms. The highest BCUT2D eigenvalue weighted by molar-refractivity contribution is 5.80. The van der Waals surface area contributed by atoms with E-state index in [2.05, 4.69) is 56.6 Å². The Morgan fingerprint density at radius 1 is 1.04 bits per heavy atom. The van der Waals surface area contributed by atoms with Crippen molar-refractivity contribution in [2.75, 3.05) is 23.4 Å². The number of hydrogen-bond acceptors (Lipinski definition) is 6. The average Bonchev–Trinajstić information content (AvgIpc) is 2.73. The Kier molecular flexibility index (Phi) is 6.51. The van der Waals surface area contributed by atoms with Gasteiger partial charge < -0.3 is 4.90 Å². The molecular weight excluding hydrogens is 352 g/mol. The van der Waals surface area contributed by atoms with Gasteiger partial charge in [-0.1, -0.05) is 42.5 Å². The summed E-state index contributed by atoms with van der Waals surface area (Å²) in [4.78, 5) is 17.1. The number of hydrazone groups is 1. The molecule has 0 saturated carbocycles. The molecule has 0 saturated heterocycles. The standard InChI is InChI=1S/C21H24N6O/c1-3-27(4-2)18-12-10-17(11-13-18)15-22-25-21-23-20(28)19(24-26-21)14-16-8-6-5-7-9-16/h5-13,15H,3-4,14H2,1-2H3,(H2,23,25,26,28)/b22-15+. The number of aromatic nitrogens is 3. The number of aromatic amines is 1. The Morgan fingerprint density at radius 3 is 2.39 bits per heavy atom. The molecule has 1 aromatic heterocycles. The van der Waals surface area contributed by atoms with Crippen LogP contribution in [0, 0.1) is 0 Å². The second-order valence-corrected chi connectivity index (χ2v) is 6.25. The van der Waals surface area contributed by atoms with Gasteiger partial charge in [-0.25, -0.2) is 5.43 Å². The predicted molar refractivity (Wildman–Crippen MR) is 113 cm³/mol. The summed E-state index contributed by atoms with van der Waals surface area (Å²) < 4.78 is 0. The molecule has 0 aliphatic rings. The van der Waals surface area contributed by atoms with E-state index in [4.69, 9.17) is 0 Å². The molecule has 0 radical (unpaired) electrons. The lowest BCUT2D eigenvalue weighted by atomic mass is 10.1. The zero-order chi connectivity index (χ0) is 19.8. The first-order chi connectivity index (χ1) is 13.7. The van der Waals surface area contributed by atoms with E-state index in [0.717, 1.165) is 24.2 Å². The second-order valence-electron chi connectivity index (χ2n) is 6.25. The van der Waals surface area contributed by atoms with Crippen molar-refractivity contribution in [2.45, 2.75) is 20.3 Å². The highest BCUT2D eigenvalue weighted by atomic mass is 16.1. The third-order valence-electron chi connectivity index (χ3n) is 4.38. The first-order valence-corrected chi connectivity index (χ1v) is 9.33. The first kappa shape index (κ1) is 19.3. The maximum Gasteiger partial charge on any atom is 0.274 e. The molecular formula is C21H24N6O. The smallest absolute Gasteiger partial charge is 0.274 e. The second kappa shape index (κ2) is 9.45. The fourth-order valence-corrected chi connectivity index (χ4v) is 2.84. The third-order valence-corrected chi connectivity index (χ3v) is 4.38. The average molecular weight is 376 g/mol. The van der Waals surface area contributed by atoms with Gasteiger partial charge in [-0.3, -0.25) is 9.78 Å². The van der Waals surface area contributed by atoms with Crippen LogP contribution in [-0.2, 0) is 6.42 Å². The van der Waals surface area contributed by atoms with Gasteiger partial charge in [-0.05, 0) is 37.1 Å². The van der Waals surface area contributed by atoms with Crippen LogP contribution in [0.1, 0.15) is 30.7 Å². The van der Waals surface area contributed by atoms with Crippen molar-refractivity contribution in [3.63, 3.8) is 0 Å². The van der Waals surface area contributed by atoms with Crippen LogP contribution < -0.4 is 15.9 Å². The molecule has 0 aliphatic carbocycles. The van der Waals surface area contributed by atoms with Crippen molar-refractivity contribution >= 4 is 17.9 Å². The van der Waals surface area contributed by atoms with Gasteiger partial charge in [0.2, 0.25) is 5.95 Å². The lowest BCUT2D eigenvalue weighted by Gasteiger charge is -2.20. The van der Waals surface area contributed by atoms with Gasteiger partial charge in [0, 0.05) is 25.2 Å². The van der Waals surface area contributed by atoms with Crippen LogP contribution in [0.25, 0.3) is 0 Å². The molecule has 3 aromatic rings. The normalized spacial score (nSPS) is 10.9. The monoisotopic (exact) mass is 376 g/mol. The van der Waals surface area contributed by atoms with Crippen LogP contribution >= 0.6 is 0 Å². The molecule has 0 fully saturated rings. The molecule has 2 N–H and O–H groups in total. The van der Waals surface area contributed by atoms with Crippen molar-refractivity contribution < 1.29 is 0 Å². The number of anilines is 2. The van der Waals surface area contributed by atoms with Crippen molar-refractivity contribution in [3.05, 3.63) is 81.8 Å². The Labute approximate surface area is 164 Å². The van der Waals surface area contributed by atoms with Gasteiger partial charge in [0.15, 0.2) is 0 Å². The van der Waals surface area contributed by atoms with E-state index in [1.54, 1.807) is 6.21 Å². The summed E-state index contributed by atoms with van der Waals surface area (Å²) in [5, 5.41) is 12.1. The van der Waals surface area contributed by atoms with E-state index in [0.29, 0.717) is 12.1 Å². The van der Waals surface area contributed by atoms with E-state index in [-0.39, 0.29) is 11.5 Å². The van der Waals surface area contributed by atoms with Crippen LogP contribution in [0.4, 0.5) is 11.6 Å². The number of rotatable bonds is 8. The van der Waals surface area contributed by atoms with Crippen LogP contribution in [0.3, 0.4) is 0 Å². The van der Waals surface area contributed by atoms with Crippen molar-refractivity contribution in [1.29, 1.82) is 0 Å². The van der Waals surface area contributed by atoms with Crippen LogP contribution in [0.5, 0.6) is 0 Å². The molecule has 1 heterocycles. The summed E-state index contributed by atoms with van der Waals surface area (Å²) in [6, 6.07) is 17.8. The first-order valence-electron chi connectivity index (χ1n) is 9.33. The summed E-state index contributed by atoms with van der Waals surface area (Å²) >= 11 is 0. The molecule has 7 nitrogen and oxygen atoms in total. The topological polar surface area (TPSA) is 86.3 Å². The molecule has 0 unspecified atom stereocenters. The quantitative estimate of drug-likeness (QED) is 0.466. The molecule has 0 spiro atoms. The number of nitrogens with zero attached hydrogens (tertiary/aromatic N) is 4. The van der Waals surface area contributed by atoms with E-state index >= 15 is 0 Å². The summed E-state index contributed by atoms with van der Waals surface area (Å²) in [7, 11) is 0. The van der Waals surface area contributed by atoms with Gasteiger partial charge in [0.1, 0.15) is 5.69 Å². The van der Waals surface area contributed by atoms with E-state index in [1.165, 1.54) is 5.69 Å². The van der Waals surface area contributed by atoms with Crippen LogP contribution in [-0.4, -0.2) is 34.5 Å². The molecule has 7 heteroatoms. The third kappa shape index (κ3) is 5.03. The predicted octanol–water partition coefficient (Wildman–Crippen LogP) is 3.05. The minimum Gasteiger partial charge on any atom is -0.372 e. The number of benzene rings is 2. The minimum atomic E-state index is -0.278. The maximum atomic E-state index is 12.2. The Balaban J connectivity index is 1.61. The lowest BCUT2D eigenvalue weighted by molar-refractivity contribution is 0.866. The zero-order valence-corrected chi connectivity index (χ0v) is 16.1. The minimum absolute atomic E-state index is 0.206. The number of H-pyrrole nitrogens is 1. The van der Waals surface area contributed by atoms with E-state index in [9.17, 15) is 4.79 Å². The SMILES string of the molecule is CCN(CC)c1ccc(/C=N/Nc2nnc(Cc3ccccc3)c(=O)[nH]2)cc1. The number of nitrogens with one attached hydrogen (secondary N) is 2. The van der Waals surface area contributed by atoms with Gasteiger partial charge in [-0.15, -0.1) is 10.2 Å². The van der Waals surface area contributed by atoms with E-state index in [1.807, 2.05) is 42.5 Å². The molecule has 0 atom stereocenters. The molecule has 3 rings (SSSR count). The lowest BCUT2D eigenvalue weighted by Crippen LogP contribution is -2.21. The maximum absolute atomic E-state index is 12.2. The zero-order valence-electron chi connectivity index (χ0n) is 16.1. The summed E-state index contributed by atoms with van der Waals surface area (Å²) in [6.07, 6.45) is 2.11. The Bertz CT molecular complexity index is 962. The summed E-state index contributed by atoms with van der Waals surface area (Å²) in [5.41, 5.74) is 5.94. The Morgan fingerprint density at radius 2 is 1.75 bits per heavy atom. The fraction of sp³-hybridized carbons (Fsp3) is 0.238. The highest BCUT2D eigenvalue weighted by Gasteiger charge is 2.05.